The first-order chi connectivity index (χ1) is 8.66. The van der Waals surface area contributed by atoms with Crippen molar-refractivity contribution in [2.24, 2.45) is 0 Å². The number of carbonyl (C=O) groups is 1. The smallest absolute Gasteiger partial charge is 0.161 e. The Balaban J connectivity index is 2.35. The molecule has 0 spiro atoms. The van der Waals surface area contributed by atoms with E-state index < -0.39 is 0 Å². The van der Waals surface area contributed by atoms with Crippen LogP contribution in [0.1, 0.15) is 28.4 Å². The Morgan fingerprint density at radius 3 is 2.33 bits per heavy atom. The van der Waals surface area contributed by atoms with Gasteiger partial charge in [-0.3, -0.25) is 4.79 Å². The quantitative estimate of drug-likeness (QED) is 0.556. The lowest BCUT2D eigenvalue weighted by atomic mass is 10.0. The van der Waals surface area contributed by atoms with Crippen LogP contribution in [0.2, 0.25) is 5.02 Å². The Labute approximate surface area is 111 Å². The zero-order chi connectivity index (χ0) is 13.0. The van der Waals surface area contributed by atoms with Crippen molar-refractivity contribution in [3.05, 3.63) is 70.2 Å². The van der Waals surface area contributed by atoms with Crippen LogP contribution in [0.3, 0.4) is 0 Å². The Hall–Kier alpha value is -2.04. The first kappa shape index (κ1) is 12.4. The highest BCUT2D eigenvalue weighted by molar-refractivity contribution is 6.30. The predicted octanol–water partition coefficient (Wildman–Crippen LogP) is 3.94. The van der Waals surface area contributed by atoms with Crippen LogP contribution in [0, 0.1) is 11.8 Å². The van der Waals surface area contributed by atoms with Gasteiger partial charge in [-0.1, -0.05) is 41.6 Å². The highest BCUT2D eigenvalue weighted by atomic mass is 35.5. The molecule has 0 bridgehead atoms. The second-order valence-electron chi connectivity index (χ2n) is 3.86. The number of ketones is 1. The van der Waals surface area contributed by atoms with Gasteiger partial charge < -0.3 is 0 Å². The summed E-state index contributed by atoms with van der Waals surface area (Å²) in [7, 11) is 0. The summed E-state index contributed by atoms with van der Waals surface area (Å²) in [5.41, 5.74) is 2.27. The molecule has 0 aromatic heterocycles. The van der Waals surface area contributed by atoms with Crippen molar-refractivity contribution in [1.29, 1.82) is 0 Å². The van der Waals surface area contributed by atoms with Crippen molar-refractivity contribution >= 4 is 17.4 Å². The van der Waals surface area contributed by atoms with Gasteiger partial charge >= 0.3 is 0 Å². The molecular formula is C16H11ClO. The number of rotatable bonds is 1. The molecule has 0 fully saturated rings. The molecule has 0 aliphatic carbocycles. The van der Waals surface area contributed by atoms with E-state index in [1.165, 1.54) is 0 Å². The molecule has 1 nitrogen and oxygen atoms in total. The number of carbonyl (C=O) groups excluding carboxylic acids is 1. The van der Waals surface area contributed by atoms with Gasteiger partial charge in [0.15, 0.2) is 5.78 Å². The van der Waals surface area contributed by atoms with Crippen LogP contribution in [0.4, 0.5) is 0 Å². The Kier molecular flexibility index (Phi) is 3.82. The Morgan fingerprint density at radius 2 is 1.67 bits per heavy atom. The summed E-state index contributed by atoms with van der Waals surface area (Å²) >= 11 is 5.80. The average Bonchev–Trinajstić information content (AvgIpc) is 2.38. The third-order valence-electron chi connectivity index (χ3n) is 2.49. The summed E-state index contributed by atoms with van der Waals surface area (Å²) in [6.45, 7) is 1.54. The van der Waals surface area contributed by atoms with Gasteiger partial charge in [-0.05, 0) is 37.3 Å². The van der Waals surface area contributed by atoms with Crippen LogP contribution in [-0.2, 0) is 0 Å². The third kappa shape index (κ3) is 3.00. The lowest BCUT2D eigenvalue weighted by Gasteiger charge is -1.98. The molecule has 0 atom stereocenters. The molecule has 0 N–H and O–H groups in total. The second kappa shape index (κ2) is 5.53. The minimum absolute atomic E-state index is 0.0241. The van der Waals surface area contributed by atoms with Crippen molar-refractivity contribution < 1.29 is 4.79 Å². The van der Waals surface area contributed by atoms with Gasteiger partial charge in [0.2, 0.25) is 0 Å². The van der Waals surface area contributed by atoms with Crippen LogP contribution >= 0.6 is 11.6 Å². The van der Waals surface area contributed by atoms with E-state index in [0.717, 1.165) is 11.1 Å². The van der Waals surface area contributed by atoms with Crippen LogP contribution in [-0.4, -0.2) is 5.78 Å². The topological polar surface area (TPSA) is 17.1 Å². The van der Waals surface area contributed by atoms with E-state index >= 15 is 0 Å². The molecule has 2 aromatic rings. The van der Waals surface area contributed by atoms with Gasteiger partial charge in [0.25, 0.3) is 0 Å². The molecule has 2 rings (SSSR count). The molecule has 0 amide bonds. The van der Waals surface area contributed by atoms with E-state index in [1.807, 2.05) is 30.3 Å². The fraction of sp³-hybridized carbons (Fsp3) is 0.0625. The van der Waals surface area contributed by atoms with E-state index in [-0.39, 0.29) is 5.78 Å². The summed E-state index contributed by atoms with van der Waals surface area (Å²) < 4.78 is 0. The zero-order valence-electron chi connectivity index (χ0n) is 9.91. The van der Waals surface area contributed by atoms with Gasteiger partial charge in [-0.2, -0.15) is 0 Å². The first-order valence-corrected chi connectivity index (χ1v) is 5.92. The summed E-state index contributed by atoms with van der Waals surface area (Å²) in [6.07, 6.45) is 0. The highest BCUT2D eigenvalue weighted by Crippen LogP contribution is 2.10. The minimum atomic E-state index is 0.0241. The molecule has 2 aromatic carbocycles. The van der Waals surface area contributed by atoms with Gasteiger partial charge in [0.1, 0.15) is 0 Å². The van der Waals surface area contributed by atoms with Crippen LogP contribution in [0.5, 0.6) is 0 Å². The predicted molar refractivity (Wildman–Crippen MR) is 73.9 cm³/mol. The molecule has 0 saturated carbocycles. The number of benzene rings is 2. The van der Waals surface area contributed by atoms with Crippen molar-refractivity contribution in [2.75, 3.05) is 0 Å². The first-order valence-electron chi connectivity index (χ1n) is 5.54. The van der Waals surface area contributed by atoms with Crippen LogP contribution in [0.25, 0.3) is 0 Å². The summed E-state index contributed by atoms with van der Waals surface area (Å²) in [5, 5.41) is 0.685. The maximum absolute atomic E-state index is 11.4. The number of hydrogen-bond acceptors (Lipinski definition) is 1. The molecule has 0 saturated heterocycles. The Morgan fingerprint density at radius 1 is 1.00 bits per heavy atom. The lowest BCUT2D eigenvalue weighted by molar-refractivity contribution is 0.101. The van der Waals surface area contributed by atoms with Crippen LogP contribution in [0.15, 0.2) is 48.5 Å². The number of halogens is 1. The zero-order valence-corrected chi connectivity index (χ0v) is 10.7. The normalized spacial score (nSPS) is 9.44. The average molecular weight is 255 g/mol. The second-order valence-corrected chi connectivity index (χ2v) is 4.30. The molecular weight excluding hydrogens is 244 g/mol. The molecule has 18 heavy (non-hydrogen) atoms. The monoisotopic (exact) mass is 254 g/mol. The fourth-order valence-corrected chi connectivity index (χ4v) is 1.70. The molecule has 2 heteroatoms. The van der Waals surface area contributed by atoms with E-state index in [1.54, 1.807) is 25.1 Å². The van der Waals surface area contributed by atoms with Crippen LogP contribution < -0.4 is 0 Å². The molecule has 88 valence electrons. The van der Waals surface area contributed by atoms with E-state index in [4.69, 9.17) is 11.6 Å². The Bertz CT molecular complexity index is 630. The van der Waals surface area contributed by atoms with E-state index in [0.29, 0.717) is 10.6 Å². The molecule has 0 aliphatic heterocycles. The van der Waals surface area contributed by atoms with Crippen molar-refractivity contribution in [3.8, 4) is 11.8 Å². The van der Waals surface area contributed by atoms with E-state index in [2.05, 4.69) is 11.8 Å². The number of hydrogen-bond donors (Lipinski definition) is 0. The summed E-state index contributed by atoms with van der Waals surface area (Å²) in [4.78, 5) is 11.4. The van der Waals surface area contributed by atoms with Crippen molar-refractivity contribution in [2.45, 2.75) is 6.92 Å². The SMILES string of the molecule is CC(=O)c1ccccc1C#Cc1ccc(Cl)cc1. The maximum Gasteiger partial charge on any atom is 0.161 e. The molecule has 0 unspecified atom stereocenters. The van der Waals surface area contributed by atoms with E-state index in [9.17, 15) is 4.79 Å². The molecule has 0 heterocycles. The lowest BCUT2D eigenvalue weighted by Crippen LogP contribution is -1.95. The van der Waals surface area contributed by atoms with Crippen molar-refractivity contribution in [1.82, 2.24) is 0 Å². The largest absolute Gasteiger partial charge is 0.294 e. The summed E-state index contributed by atoms with van der Waals surface area (Å²) in [6, 6.07) is 14.6. The standard InChI is InChI=1S/C16H11ClO/c1-12(18)16-5-3-2-4-14(16)9-6-13-7-10-15(17)11-8-13/h2-5,7-8,10-11H,1H3. The molecule has 0 aliphatic rings. The maximum atomic E-state index is 11.4. The third-order valence-corrected chi connectivity index (χ3v) is 2.74. The minimum Gasteiger partial charge on any atom is -0.294 e. The van der Waals surface area contributed by atoms with Gasteiger partial charge in [-0.25, -0.2) is 0 Å². The fourth-order valence-electron chi connectivity index (χ4n) is 1.57. The van der Waals surface area contributed by atoms with Crippen molar-refractivity contribution in [3.63, 3.8) is 0 Å². The highest BCUT2D eigenvalue weighted by Gasteiger charge is 2.02. The summed E-state index contributed by atoms with van der Waals surface area (Å²) in [5.74, 6) is 6.06. The van der Waals surface area contributed by atoms with Gasteiger partial charge in [0.05, 0.1) is 0 Å². The number of Topliss-reactive ketones (excluding diaryl/α,β-unsaturated/α-hetero) is 1. The molecule has 0 radical (unpaired) electrons. The van der Waals surface area contributed by atoms with Gasteiger partial charge in [0, 0.05) is 21.7 Å². The van der Waals surface area contributed by atoms with Gasteiger partial charge in [-0.15, -0.1) is 0 Å².